The molecule has 8 nitrogen and oxygen atoms in total. The molecule has 1 spiro atoms. The predicted molar refractivity (Wildman–Crippen MR) is 95.8 cm³/mol. The third kappa shape index (κ3) is 3.24. The third-order valence-corrected chi connectivity index (χ3v) is 6.44. The van der Waals surface area contributed by atoms with Gasteiger partial charge in [-0.1, -0.05) is 19.0 Å². The quantitative estimate of drug-likeness (QED) is 0.809. The third-order valence-electron chi connectivity index (χ3n) is 6.44. The molecule has 8 heteroatoms. The number of nitrogens with zero attached hydrogens (tertiary/aromatic N) is 3. The molecule has 3 fully saturated rings. The first-order chi connectivity index (χ1) is 12.9. The van der Waals surface area contributed by atoms with Crippen molar-refractivity contribution >= 4 is 11.8 Å². The van der Waals surface area contributed by atoms with Gasteiger partial charge in [0.2, 0.25) is 5.91 Å². The summed E-state index contributed by atoms with van der Waals surface area (Å²) in [4.78, 5) is 26.9. The summed E-state index contributed by atoms with van der Waals surface area (Å²) in [5.41, 5.74) is 0.500. The molecular weight excluding hydrogens is 348 g/mol. The van der Waals surface area contributed by atoms with E-state index in [-0.39, 0.29) is 41.0 Å². The molecule has 0 saturated carbocycles. The van der Waals surface area contributed by atoms with Crippen LogP contribution in [0, 0.1) is 24.7 Å². The smallest absolute Gasteiger partial charge is 0.275 e. The van der Waals surface area contributed by atoms with Crippen LogP contribution in [0.15, 0.2) is 4.63 Å². The summed E-state index contributed by atoms with van der Waals surface area (Å²) < 4.78 is 11.0. The van der Waals surface area contributed by atoms with Crippen molar-refractivity contribution in [2.75, 3.05) is 19.6 Å². The molecule has 0 aliphatic carbocycles. The van der Waals surface area contributed by atoms with Gasteiger partial charge in [-0.2, -0.15) is 0 Å². The standard InChI is InChI=1S/C19H28N4O4/c1-11(2)4-5-16(24)23-9-14-13(15-6-7-19(14,10-23)26-15)8-20-18(25)17-12(3)21-27-22-17/h11,13-15H,4-10H2,1-3H3,(H,20,25)/t13-,14+,15+,19+/m0/s1. The average Bonchev–Trinajstić information content (AvgIpc) is 3.37. The predicted octanol–water partition coefficient (Wildman–Crippen LogP) is 1.55. The number of aryl methyl sites for hydroxylation is 1. The number of amides is 2. The number of hydrogen-bond acceptors (Lipinski definition) is 6. The highest BCUT2D eigenvalue weighted by Crippen LogP contribution is 2.54. The number of rotatable bonds is 6. The first-order valence-electron chi connectivity index (χ1n) is 9.92. The molecule has 0 unspecified atom stereocenters. The molecule has 2 bridgehead atoms. The first kappa shape index (κ1) is 18.4. The molecule has 4 atom stereocenters. The summed E-state index contributed by atoms with van der Waals surface area (Å²) in [6.07, 6.45) is 3.69. The number of carbonyl (C=O) groups excluding carboxylic acids is 2. The van der Waals surface area contributed by atoms with Crippen LogP contribution < -0.4 is 5.32 Å². The second kappa shape index (κ2) is 6.89. The summed E-state index contributed by atoms with van der Waals surface area (Å²) in [5.74, 6) is 1.00. The molecular formula is C19H28N4O4. The van der Waals surface area contributed by atoms with Gasteiger partial charge in [-0.25, -0.2) is 4.63 Å². The molecule has 4 heterocycles. The van der Waals surface area contributed by atoms with Crippen molar-refractivity contribution in [3.63, 3.8) is 0 Å². The fraction of sp³-hybridized carbons (Fsp3) is 0.789. The summed E-state index contributed by atoms with van der Waals surface area (Å²) >= 11 is 0. The Kier molecular flexibility index (Phi) is 4.70. The monoisotopic (exact) mass is 376 g/mol. The van der Waals surface area contributed by atoms with E-state index >= 15 is 0 Å². The minimum Gasteiger partial charge on any atom is -0.369 e. The van der Waals surface area contributed by atoms with Crippen LogP contribution in [0.2, 0.25) is 0 Å². The van der Waals surface area contributed by atoms with Crippen molar-refractivity contribution in [2.24, 2.45) is 17.8 Å². The van der Waals surface area contributed by atoms with Crippen LogP contribution >= 0.6 is 0 Å². The number of hydrogen-bond donors (Lipinski definition) is 1. The minimum atomic E-state index is -0.270. The van der Waals surface area contributed by atoms with Crippen LogP contribution in [-0.2, 0) is 9.53 Å². The van der Waals surface area contributed by atoms with Gasteiger partial charge in [0.25, 0.3) is 5.91 Å². The van der Waals surface area contributed by atoms with E-state index in [9.17, 15) is 9.59 Å². The lowest BCUT2D eigenvalue weighted by atomic mass is 9.73. The molecule has 0 radical (unpaired) electrons. The zero-order chi connectivity index (χ0) is 19.2. The van der Waals surface area contributed by atoms with Gasteiger partial charge in [0.1, 0.15) is 5.69 Å². The number of aromatic nitrogens is 2. The van der Waals surface area contributed by atoms with E-state index in [0.717, 1.165) is 25.8 Å². The molecule has 2 amide bonds. The van der Waals surface area contributed by atoms with E-state index < -0.39 is 0 Å². The van der Waals surface area contributed by atoms with Crippen molar-refractivity contribution in [1.29, 1.82) is 0 Å². The fourth-order valence-electron chi connectivity index (χ4n) is 4.96. The zero-order valence-corrected chi connectivity index (χ0v) is 16.2. The maximum absolute atomic E-state index is 12.6. The summed E-state index contributed by atoms with van der Waals surface area (Å²) in [6.45, 7) is 7.93. The highest BCUT2D eigenvalue weighted by atomic mass is 16.6. The molecule has 3 aliphatic heterocycles. The van der Waals surface area contributed by atoms with Gasteiger partial charge < -0.3 is 15.0 Å². The van der Waals surface area contributed by atoms with Crippen molar-refractivity contribution in [1.82, 2.24) is 20.5 Å². The van der Waals surface area contributed by atoms with Crippen molar-refractivity contribution in [3.05, 3.63) is 11.4 Å². The lowest BCUT2D eigenvalue weighted by Gasteiger charge is -2.29. The Hall–Kier alpha value is -1.96. The Bertz CT molecular complexity index is 733. The first-order valence-corrected chi connectivity index (χ1v) is 9.92. The molecule has 1 aromatic rings. The average molecular weight is 376 g/mol. The zero-order valence-electron chi connectivity index (χ0n) is 16.2. The van der Waals surface area contributed by atoms with Crippen molar-refractivity contribution in [3.8, 4) is 0 Å². The van der Waals surface area contributed by atoms with Crippen LogP contribution in [0.4, 0.5) is 0 Å². The van der Waals surface area contributed by atoms with Gasteiger partial charge in [-0.3, -0.25) is 9.59 Å². The Morgan fingerprint density at radius 1 is 1.37 bits per heavy atom. The molecule has 3 saturated heterocycles. The molecule has 4 rings (SSSR count). The molecule has 27 heavy (non-hydrogen) atoms. The minimum absolute atomic E-state index is 0.166. The Labute approximate surface area is 159 Å². The molecule has 1 aromatic heterocycles. The number of nitrogens with one attached hydrogen (secondary N) is 1. The van der Waals surface area contributed by atoms with Gasteiger partial charge in [0, 0.05) is 31.3 Å². The molecule has 3 aliphatic rings. The van der Waals surface area contributed by atoms with Gasteiger partial charge in [0.05, 0.1) is 18.2 Å². The molecule has 148 valence electrons. The summed E-state index contributed by atoms with van der Waals surface area (Å²) in [6, 6.07) is 0. The van der Waals surface area contributed by atoms with Crippen LogP contribution in [0.5, 0.6) is 0 Å². The maximum atomic E-state index is 12.6. The van der Waals surface area contributed by atoms with Crippen LogP contribution in [0.1, 0.15) is 55.7 Å². The second-order valence-electron chi connectivity index (χ2n) is 8.65. The van der Waals surface area contributed by atoms with Crippen LogP contribution in [-0.4, -0.2) is 58.4 Å². The lowest BCUT2D eigenvalue weighted by Crippen LogP contribution is -2.42. The van der Waals surface area contributed by atoms with E-state index in [1.54, 1.807) is 6.92 Å². The summed E-state index contributed by atoms with van der Waals surface area (Å²) in [7, 11) is 0. The van der Waals surface area contributed by atoms with E-state index in [1.807, 2.05) is 4.90 Å². The molecule has 0 aromatic carbocycles. The number of carbonyl (C=O) groups is 2. The fourth-order valence-corrected chi connectivity index (χ4v) is 4.96. The van der Waals surface area contributed by atoms with Crippen molar-refractivity contribution < 1.29 is 19.0 Å². The Balaban J connectivity index is 1.39. The number of likely N-dealkylation sites (tertiary alicyclic amines) is 1. The van der Waals surface area contributed by atoms with E-state index in [1.165, 1.54) is 0 Å². The highest BCUT2D eigenvalue weighted by Gasteiger charge is 2.63. The lowest BCUT2D eigenvalue weighted by molar-refractivity contribution is -0.132. The van der Waals surface area contributed by atoms with E-state index in [0.29, 0.717) is 31.1 Å². The Morgan fingerprint density at radius 3 is 2.89 bits per heavy atom. The van der Waals surface area contributed by atoms with Crippen molar-refractivity contribution in [2.45, 2.75) is 58.2 Å². The Morgan fingerprint density at radius 2 is 2.19 bits per heavy atom. The molecule has 1 N–H and O–H groups in total. The highest BCUT2D eigenvalue weighted by molar-refractivity contribution is 5.92. The normalized spacial score (nSPS) is 31.6. The van der Waals surface area contributed by atoms with Gasteiger partial charge in [-0.05, 0) is 37.3 Å². The second-order valence-corrected chi connectivity index (χ2v) is 8.65. The SMILES string of the molecule is Cc1nonc1C(=O)NC[C@H]1[C@H]2CN(C(=O)CCC(C)C)C[C@]23CC[C@H]1O3. The number of fused-ring (bicyclic) bond motifs is 1. The number of ether oxygens (including phenoxy) is 1. The van der Waals surface area contributed by atoms with Gasteiger partial charge >= 0.3 is 0 Å². The maximum Gasteiger partial charge on any atom is 0.275 e. The van der Waals surface area contributed by atoms with Crippen LogP contribution in [0.25, 0.3) is 0 Å². The topological polar surface area (TPSA) is 97.6 Å². The van der Waals surface area contributed by atoms with Gasteiger partial charge in [0.15, 0.2) is 5.69 Å². The largest absolute Gasteiger partial charge is 0.369 e. The van der Waals surface area contributed by atoms with Gasteiger partial charge in [-0.15, -0.1) is 0 Å². The summed E-state index contributed by atoms with van der Waals surface area (Å²) in [5, 5.41) is 10.3. The van der Waals surface area contributed by atoms with Crippen LogP contribution in [0.3, 0.4) is 0 Å². The van der Waals surface area contributed by atoms with E-state index in [2.05, 4.69) is 34.1 Å². The van der Waals surface area contributed by atoms with E-state index in [4.69, 9.17) is 4.74 Å².